The molecule has 0 radical (unpaired) electrons. The summed E-state index contributed by atoms with van der Waals surface area (Å²) >= 11 is 0. The second kappa shape index (κ2) is 4.64. The molecule has 0 fully saturated rings. The predicted molar refractivity (Wildman–Crippen MR) is 46.8 cm³/mol. The van der Waals surface area contributed by atoms with Crippen LogP contribution in [0.15, 0.2) is 12.8 Å². The van der Waals surface area contributed by atoms with Gasteiger partial charge in [0.2, 0.25) is 0 Å². The summed E-state index contributed by atoms with van der Waals surface area (Å²) in [4.78, 5) is 21.7. The highest BCUT2D eigenvalue weighted by atomic mass is 16.6. The topological polar surface area (TPSA) is 52.6 Å². The maximum Gasteiger partial charge on any atom is 0.321 e. The monoisotopic (exact) mass is 186 g/mol. The molecule has 4 nitrogen and oxygen atoms in total. The van der Waals surface area contributed by atoms with E-state index >= 15 is 0 Å². The fraction of sp³-hybridized carbons (Fsp3) is 0.556. The molecule has 0 aliphatic rings. The number of ether oxygens (including phenoxy) is 2. The van der Waals surface area contributed by atoms with E-state index in [1.165, 1.54) is 0 Å². The van der Waals surface area contributed by atoms with Crippen molar-refractivity contribution in [3.63, 3.8) is 0 Å². The van der Waals surface area contributed by atoms with Crippen molar-refractivity contribution in [2.24, 2.45) is 0 Å². The minimum Gasteiger partial charge on any atom is -0.460 e. The molecule has 0 amide bonds. The van der Waals surface area contributed by atoms with Crippen molar-refractivity contribution in [3.05, 3.63) is 12.8 Å². The molecule has 0 aromatic heterocycles. The maximum absolute atomic E-state index is 11.0. The van der Waals surface area contributed by atoms with Crippen molar-refractivity contribution in [2.75, 3.05) is 0 Å². The van der Waals surface area contributed by atoms with Crippen LogP contribution in [0.5, 0.6) is 0 Å². The summed E-state index contributed by atoms with van der Waals surface area (Å²) in [6.45, 7) is 8.37. The molecule has 0 saturated carbocycles. The van der Waals surface area contributed by atoms with E-state index in [0.29, 0.717) is 0 Å². The van der Waals surface area contributed by atoms with Gasteiger partial charge in [0.1, 0.15) is 12.0 Å². The first-order valence-corrected chi connectivity index (χ1v) is 3.87. The summed E-state index contributed by atoms with van der Waals surface area (Å²) in [6.07, 6.45) is 0.593. The zero-order valence-electron chi connectivity index (χ0n) is 8.12. The minimum absolute atomic E-state index is 0.386. The van der Waals surface area contributed by atoms with Crippen LogP contribution in [0.25, 0.3) is 0 Å². The van der Waals surface area contributed by atoms with E-state index in [1.807, 2.05) is 0 Å². The highest BCUT2D eigenvalue weighted by Gasteiger charge is 2.19. The van der Waals surface area contributed by atoms with Crippen molar-refractivity contribution in [1.29, 1.82) is 0 Å². The zero-order chi connectivity index (χ0) is 10.5. The first-order valence-electron chi connectivity index (χ1n) is 3.87. The van der Waals surface area contributed by atoms with Crippen molar-refractivity contribution in [3.8, 4) is 0 Å². The molecule has 13 heavy (non-hydrogen) atoms. The van der Waals surface area contributed by atoms with Crippen molar-refractivity contribution >= 4 is 11.9 Å². The number of hydrogen-bond donors (Lipinski definition) is 0. The van der Waals surface area contributed by atoms with Crippen molar-refractivity contribution in [2.45, 2.75) is 32.8 Å². The Balaban J connectivity index is 3.88. The van der Waals surface area contributed by atoms with Gasteiger partial charge in [0.15, 0.2) is 0 Å². The van der Waals surface area contributed by atoms with E-state index in [9.17, 15) is 9.59 Å². The molecule has 0 saturated heterocycles. The Morgan fingerprint density at radius 3 is 2.23 bits per heavy atom. The Morgan fingerprint density at radius 1 is 1.31 bits per heavy atom. The van der Waals surface area contributed by atoms with Crippen molar-refractivity contribution < 1.29 is 19.1 Å². The Kier molecular flexibility index (Phi) is 4.17. The summed E-state index contributed by atoms with van der Waals surface area (Å²) in [6, 6.07) is 0. The quantitative estimate of drug-likeness (QED) is 0.380. The van der Waals surface area contributed by atoms with Gasteiger partial charge in [0, 0.05) is 0 Å². The number of carbonyl (C=O) groups is 2. The number of hydrogen-bond acceptors (Lipinski definition) is 4. The summed E-state index contributed by atoms with van der Waals surface area (Å²) in [5.74, 6) is -1.26. The third-order valence-electron chi connectivity index (χ3n) is 0.923. The van der Waals surface area contributed by atoms with Crippen molar-refractivity contribution in [1.82, 2.24) is 0 Å². The van der Waals surface area contributed by atoms with Crippen LogP contribution in [-0.2, 0) is 19.1 Å². The SMILES string of the molecule is C=COC(=O)CC(=O)OC(C)(C)C. The van der Waals surface area contributed by atoms with Gasteiger partial charge in [0.05, 0.1) is 6.26 Å². The third kappa shape index (κ3) is 7.05. The molecular weight excluding hydrogens is 172 g/mol. The van der Waals surface area contributed by atoms with Gasteiger partial charge in [-0.2, -0.15) is 0 Å². The van der Waals surface area contributed by atoms with Gasteiger partial charge in [-0.25, -0.2) is 0 Å². The Hall–Kier alpha value is -1.32. The standard InChI is InChI=1S/C9H14O4/c1-5-12-7(10)6-8(11)13-9(2,3)4/h5H,1,6H2,2-4H3. The zero-order valence-corrected chi connectivity index (χ0v) is 8.12. The fourth-order valence-electron chi connectivity index (χ4n) is 0.630. The van der Waals surface area contributed by atoms with Crippen LogP contribution in [0.1, 0.15) is 27.2 Å². The summed E-state index contributed by atoms with van der Waals surface area (Å²) in [5.41, 5.74) is -0.578. The second-order valence-electron chi connectivity index (χ2n) is 3.42. The van der Waals surface area contributed by atoms with Gasteiger partial charge in [-0.15, -0.1) is 0 Å². The highest BCUT2D eigenvalue weighted by molar-refractivity contribution is 5.91. The molecule has 0 rings (SSSR count). The fourth-order valence-corrected chi connectivity index (χ4v) is 0.630. The van der Waals surface area contributed by atoms with Crippen LogP contribution < -0.4 is 0 Å². The highest BCUT2D eigenvalue weighted by Crippen LogP contribution is 2.08. The van der Waals surface area contributed by atoms with E-state index in [0.717, 1.165) is 6.26 Å². The molecule has 0 atom stereocenters. The molecule has 4 heteroatoms. The van der Waals surface area contributed by atoms with Crippen LogP contribution in [-0.4, -0.2) is 17.5 Å². The Bertz CT molecular complexity index is 212. The van der Waals surface area contributed by atoms with Crippen LogP contribution in [0, 0.1) is 0 Å². The number of carbonyl (C=O) groups excluding carboxylic acids is 2. The van der Waals surface area contributed by atoms with E-state index < -0.39 is 17.5 Å². The normalized spacial score (nSPS) is 10.4. The van der Waals surface area contributed by atoms with Gasteiger partial charge < -0.3 is 9.47 Å². The largest absolute Gasteiger partial charge is 0.460 e. The molecule has 0 aliphatic carbocycles. The molecular formula is C9H14O4. The van der Waals surface area contributed by atoms with Gasteiger partial charge in [-0.3, -0.25) is 9.59 Å². The van der Waals surface area contributed by atoms with Gasteiger partial charge in [-0.05, 0) is 20.8 Å². The lowest BCUT2D eigenvalue weighted by Crippen LogP contribution is -2.25. The first kappa shape index (κ1) is 11.7. The van der Waals surface area contributed by atoms with E-state index in [-0.39, 0.29) is 6.42 Å². The molecule has 0 aromatic carbocycles. The Morgan fingerprint density at radius 2 is 1.85 bits per heavy atom. The average molecular weight is 186 g/mol. The van der Waals surface area contributed by atoms with E-state index in [2.05, 4.69) is 11.3 Å². The molecule has 0 spiro atoms. The van der Waals surface area contributed by atoms with Gasteiger partial charge in [0.25, 0.3) is 0 Å². The second-order valence-corrected chi connectivity index (χ2v) is 3.42. The minimum atomic E-state index is -0.663. The smallest absolute Gasteiger partial charge is 0.321 e. The Labute approximate surface area is 77.5 Å². The summed E-state index contributed by atoms with van der Waals surface area (Å²) < 4.78 is 9.23. The number of rotatable bonds is 3. The van der Waals surface area contributed by atoms with Gasteiger partial charge >= 0.3 is 11.9 Å². The summed E-state index contributed by atoms with van der Waals surface area (Å²) in [7, 11) is 0. The lowest BCUT2D eigenvalue weighted by Gasteiger charge is -2.18. The van der Waals surface area contributed by atoms with Crippen LogP contribution in [0.2, 0.25) is 0 Å². The lowest BCUT2D eigenvalue weighted by molar-refractivity contribution is -0.159. The summed E-state index contributed by atoms with van der Waals surface area (Å²) in [5, 5.41) is 0. The molecule has 0 bridgehead atoms. The number of esters is 2. The molecule has 74 valence electrons. The van der Waals surface area contributed by atoms with E-state index in [4.69, 9.17) is 4.74 Å². The molecule has 0 aromatic rings. The van der Waals surface area contributed by atoms with Gasteiger partial charge in [-0.1, -0.05) is 6.58 Å². The van der Waals surface area contributed by atoms with E-state index in [1.54, 1.807) is 20.8 Å². The lowest BCUT2D eigenvalue weighted by atomic mass is 10.2. The average Bonchev–Trinajstić information content (AvgIpc) is 1.81. The van der Waals surface area contributed by atoms with Crippen LogP contribution in [0.3, 0.4) is 0 Å². The maximum atomic E-state index is 11.0. The van der Waals surface area contributed by atoms with Crippen LogP contribution in [0.4, 0.5) is 0 Å². The molecule has 0 aliphatic heterocycles. The third-order valence-corrected chi connectivity index (χ3v) is 0.923. The first-order chi connectivity index (χ1) is 5.85. The van der Waals surface area contributed by atoms with Crippen LogP contribution >= 0.6 is 0 Å². The molecule has 0 heterocycles. The molecule has 0 N–H and O–H groups in total. The molecule has 0 unspecified atom stereocenters. The predicted octanol–water partition coefficient (Wildman–Crippen LogP) is 1.40.